The number of epoxide rings is 1. The third-order valence-electron chi connectivity index (χ3n) is 9.24. The molecule has 13 heteroatoms. The van der Waals surface area contributed by atoms with Crippen LogP contribution in [0, 0.1) is 5.92 Å². The molecule has 0 spiro atoms. The molecule has 0 saturated carbocycles. The number of benzene rings is 2. The number of nitrogens with one attached hydrogen (secondary N) is 1. The second-order valence-electron chi connectivity index (χ2n) is 12.6. The lowest BCUT2D eigenvalue weighted by Gasteiger charge is -2.20. The van der Waals surface area contributed by atoms with Crippen LogP contribution in [0.3, 0.4) is 0 Å². The molecule has 2 aromatic rings. The highest BCUT2D eigenvalue weighted by Gasteiger charge is 2.61. The number of allylic oxidation sites excluding steroid dienone is 1. The standard InChI is InChI=1S/C36H39N3O9S/c1-22-28-15-10-25(5-4-18-36(2)32(48-36)31(28)47-33(22)42)21-46-30(41)17-16-29(40)37-19-23-6-8-24(9-7-23)20-38-34(43)39(49-35(38)44)26-11-13-27(45-3)14-12-26/h5-9,11-14,16-17,28,31-32,35,44H,1,4,10,15,18-21H2,2-3H3,(H,37,40)/b17-16-,25-5+/t28-,31-,32-,35?,36+/m0/s1. The van der Waals surface area contributed by atoms with Gasteiger partial charge in [0.1, 0.15) is 24.6 Å². The second kappa shape index (κ2) is 14.5. The summed E-state index contributed by atoms with van der Waals surface area (Å²) in [5.41, 5.74) is 2.26. The van der Waals surface area contributed by atoms with E-state index in [0.29, 0.717) is 29.9 Å². The highest BCUT2D eigenvalue weighted by atomic mass is 32.2. The summed E-state index contributed by atoms with van der Waals surface area (Å²) < 4.78 is 23.6. The number of ether oxygens (including phenoxy) is 4. The van der Waals surface area contributed by atoms with Crippen molar-refractivity contribution in [2.75, 3.05) is 18.0 Å². The molecule has 1 aliphatic carbocycles. The zero-order valence-corrected chi connectivity index (χ0v) is 28.1. The summed E-state index contributed by atoms with van der Waals surface area (Å²) in [6.45, 7) is 6.45. The van der Waals surface area contributed by atoms with E-state index in [0.717, 1.165) is 53.6 Å². The maximum atomic E-state index is 13.0. The van der Waals surface area contributed by atoms with Crippen LogP contribution >= 0.6 is 11.9 Å². The number of carbonyl (C=O) groups excluding carboxylic acids is 4. The van der Waals surface area contributed by atoms with E-state index >= 15 is 0 Å². The Morgan fingerprint density at radius 1 is 1.12 bits per heavy atom. The molecule has 0 bridgehead atoms. The van der Waals surface area contributed by atoms with Crippen LogP contribution in [0.2, 0.25) is 0 Å². The monoisotopic (exact) mass is 689 g/mol. The first kappa shape index (κ1) is 34.3. The number of hydrogen-bond acceptors (Lipinski definition) is 10. The maximum Gasteiger partial charge on any atom is 0.337 e. The minimum absolute atomic E-state index is 0.0784. The van der Waals surface area contributed by atoms with Crippen molar-refractivity contribution in [2.24, 2.45) is 5.92 Å². The van der Waals surface area contributed by atoms with E-state index in [2.05, 4.69) is 18.0 Å². The SMILES string of the molecule is C=C1C(=O)O[C@H]2[C@H]1CC/C(COC(=O)/C=C\C(=O)NCc1ccc(CN3C(=O)N(c4ccc(OC)cc4)SC3O)cc1)=C\CC[C@@]1(C)O[C@@H]21. The lowest BCUT2D eigenvalue weighted by Crippen LogP contribution is -2.34. The van der Waals surface area contributed by atoms with Gasteiger partial charge >= 0.3 is 18.0 Å². The highest BCUT2D eigenvalue weighted by Crippen LogP contribution is 2.49. The molecule has 1 unspecified atom stereocenters. The van der Waals surface area contributed by atoms with Gasteiger partial charge < -0.3 is 29.4 Å². The molecule has 3 heterocycles. The summed E-state index contributed by atoms with van der Waals surface area (Å²) in [6.07, 6.45) is 6.58. The molecule has 3 aliphatic heterocycles. The summed E-state index contributed by atoms with van der Waals surface area (Å²) in [6, 6.07) is 14.0. The first-order valence-corrected chi connectivity index (χ1v) is 16.9. The number of urea groups is 1. The molecule has 2 aromatic carbocycles. The minimum Gasteiger partial charge on any atom is -0.497 e. The molecule has 258 valence electrons. The van der Waals surface area contributed by atoms with Gasteiger partial charge in [-0.3, -0.25) is 9.69 Å². The fourth-order valence-electron chi connectivity index (χ4n) is 6.26. The number of carbonyl (C=O) groups is 4. The molecule has 3 fully saturated rings. The Bertz CT molecular complexity index is 1680. The molecule has 2 N–H and O–H groups in total. The lowest BCUT2D eigenvalue weighted by molar-refractivity contribution is -0.140. The normalized spacial score (nSPS) is 27.6. The number of anilines is 1. The molecule has 0 radical (unpaired) electrons. The quantitative estimate of drug-likeness (QED) is 0.120. The first-order chi connectivity index (χ1) is 23.5. The van der Waals surface area contributed by atoms with Crippen molar-refractivity contribution < 1.29 is 43.2 Å². The number of methoxy groups -OCH3 is 1. The Hall–Kier alpha value is -4.59. The Balaban J connectivity index is 0.938. The van der Waals surface area contributed by atoms with Crippen LogP contribution < -0.4 is 14.4 Å². The Morgan fingerprint density at radius 2 is 1.86 bits per heavy atom. The number of rotatable bonds is 10. The van der Waals surface area contributed by atoms with Gasteiger partial charge in [0, 0.05) is 42.1 Å². The Morgan fingerprint density at radius 3 is 2.59 bits per heavy atom. The van der Waals surface area contributed by atoms with Crippen LogP contribution in [0.5, 0.6) is 5.75 Å². The van der Waals surface area contributed by atoms with Crippen molar-refractivity contribution in [3.8, 4) is 5.75 Å². The number of hydrogen-bond donors (Lipinski definition) is 2. The van der Waals surface area contributed by atoms with E-state index in [1.54, 1.807) is 31.4 Å². The third-order valence-corrected chi connectivity index (χ3v) is 10.3. The molecule has 3 amide bonds. The van der Waals surface area contributed by atoms with Gasteiger partial charge in [-0.1, -0.05) is 36.9 Å². The Labute approximate surface area is 288 Å². The van der Waals surface area contributed by atoms with Gasteiger partial charge in [-0.2, -0.15) is 0 Å². The molecular formula is C36H39N3O9S. The summed E-state index contributed by atoms with van der Waals surface area (Å²) >= 11 is 1.02. The van der Waals surface area contributed by atoms with Gasteiger partial charge in [0.05, 0.1) is 24.9 Å². The zero-order chi connectivity index (χ0) is 34.7. The van der Waals surface area contributed by atoms with Crippen molar-refractivity contribution >= 4 is 41.5 Å². The van der Waals surface area contributed by atoms with E-state index in [4.69, 9.17) is 18.9 Å². The molecule has 0 aromatic heterocycles. The molecular weight excluding hydrogens is 650 g/mol. The van der Waals surface area contributed by atoms with E-state index in [9.17, 15) is 24.3 Å². The van der Waals surface area contributed by atoms with E-state index < -0.39 is 17.4 Å². The lowest BCUT2D eigenvalue weighted by atomic mass is 9.84. The van der Waals surface area contributed by atoms with E-state index in [1.165, 1.54) is 9.21 Å². The van der Waals surface area contributed by atoms with Crippen LogP contribution in [-0.4, -0.2) is 71.0 Å². The summed E-state index contributed by atoms with van der Waals surface area (Å²) in [7, 11) is 1.57. The molecule has 49 heavy (non-hydrogen) atoms. The predicted molar refractivity (Wildman–Crippen MR) is 181 cm³/mol. The number of aliphatic hydroxyl groups is 1. The summed E-state index contributed by atoms with van der Waals surface area (Å²) in [5, 5.41) is 13.3. The molecule has 12 nitrogen and oxygen atoms in total. The average Bonchev–Trinajstić information content (AvgIpc) is 3.59. The van der Waals surface area contributed by atoms with Crippen molar-refractivity contribution in [1.82, 2.24) is 10.2 Å². The zero-order valence-electron chi connectivity index (χ0n) is 27.3. The van der Waals surface area contributed by atoms with Crippen molar-refractivity contribution in [1.29, 1.82) is 0 Å². The fourth-order valence-corrected chi connectivity index (χ4v) is 7.16. The van der Waals surface area contributed by atoms with Crippen LogP contribution in [0.4, 0.5) is 10.5 Å². The third kappa shape index (κ3) is 7.85. The molecule has 6 rings (SSSR count). The Kier molecular flexibility index (Phi) is 10.1. The predicted octanol–water partition coefficient (Wildman–Crippen LogP) is 4.53. The van der Waals surface area contributed by atoms with Gasteiger partial charge in [-0.05, 0) is 73.6 Å². The first-order valence-electron chi connectivity index (χ1n) is 16.1. The van der Waals surface area contributed by atoms with Gasteiger partial charge in [-0.25, -0.2) is 18.7 Å². The van der Waals surface area contributed by atoms with Gasteiger partial charge in [-0.15, -0.1) is 0 Å². The van der Waals surface area contributed by atoms with Crippen LogP contribution in [0.15, 0.2) is 84.5 Å². The number of esters is 2. The molecule has 3 saturated heterocycles. The molecule has 4 aliphatic rings. The summed E-state index contributed by atoms with van der Waals surface area (Å²) in [4.78, 5) is 51.4. The van der Waals surface area contributed by atoms with Crippen LogP contribution in [-0.2, 0) is 41.7 Å². The highest BCUT2D eigenvalue weighted by molar-refractivity contribution is 8.02. The van der Waals surface area contributed by atoms with Crippen LogP contribution in [0.25, 0.3) is 0 Å². The number of fused-ring (bicyclic) bond motifs is 3. The maximum absolute atomic E-state index is 13.0. The minimum atomic E-state index is -1.04. The number of nitrogens with zero attached hydrogens (tertiary/aromatic N) is 2. The van der Waals surface area contributed by atoms with Crippen molar-refractivity contribution in [2.45, 2.75) is 69.1 Å². The smallest absolute Gasteiger partial charge is 0.337 e. The van der Waals surface area contributed by atoms with E-state index in [-0.39, 0.29) is 55.4 Å². The van der Waals surface area contributed by atoms with E-state index in [1.807, 2.05) is 31.2 Å². The number of amides is 3. The van der Waals surface area contributed by atoms with Gasteiger partial charge in [0.25, 0.3) is 0 Å². The van der Waals surface area contributed by atoms with Crippen molar-refractivity contribution in [3.63, 3.8) is 0 Å². The topological polar surface area (TPSA) is 147 Å². The summed E-state index contributed by atoms with van der Waals surface area (Å²) in [5.74, 6) is -0.948. The number of aliphatic hydroxyl groups excluding tert-OH is 1. The second-order valence-corrected chi connectivity index (χ2v) is 13.6. The molecule has 5 atom stereocenters. The fraction of sp³-hybridized carbons (Fsp3) is 0.389. The van der Waals surface area contributed by atoms with Gasteiger partial charge in [0.2, 0.25) is 5.91 Å². The van der Waals surface area contributed by atoms with Crippen LogP contribution in [0.1, 0.15) is 43.7 Å². The largest absolute Gasteiger partial charge is 0.497 e. The van der Waals surface area contributed by atoms with Crippen molar-refractivity contribution in [3.05, 3.63) is 95.6 Å². The van der Waals surface area contributed by atoms with Gasteiger partial charge in [0.15, 0.2) is 5.56 Å². The average molecular weight is 690 g/mol.